The number of nitrogens with zero attached hydrogens (tertiary/aromatic N) is 2. The minimum absolute atomic E-state index is 0.119. The van der Waals surface area contributed by atoms with Gasteiger partial charge in [-0.1, -0.05) is 36.4 Å². The molecule has 0 saturated heterocycles. The summed E-state index contributed by atoms with van der Waals surface area (Å²) in [6.45, 7) is 4.27. The quantitative estimate of drug-likeness (QED) is 0.398. The Morgan fingerprint density at radius 2 is 1.71 bits per heavy atom. The van der Waals surface area contributed by atoms with Gasteiger partial charge in [0.15, 0.2) is 5.75 Å². The fraction of sp³-hybridized carbons (Fsp3) is 0.200. The molecule has 0 saturated carbocycles. The predicted molar refractivity (Wildman–Crippen MR) is 120 cm³/mol. The summed E-state index contributed by atoms with van der Waals surface area (Å²) in [5.41, 5.74) is 2.36. The van der Waals surface area contributed by atoms with E-state index in [0.29, 0.717) is 5.75 Å². The smallest absolute Gasteiger partial charge is 0.314 e. The van der Waals surface area contributed by atoms with Crippen molar-refractivity contribution in [1.82, 2.24) is 0 Å². The zero-order chi connectivity index (χ0) is 21.8. The van der Waals surface area contributed by atoms with Crippen LogP contribution in [0.3, 0.4) is 0 Å². The third-order valence-electron chi connectivity index (χ3n) is 6.33. The van der Waals surface area contributed by atoms with Crippen LogP contribution in [0, 0.1) is 10.1 Å². The number of fused-ring (bicyclic) bond motifs is 2. The number of hydrogen-bond donors (Lipinski definition) is 0. The number of rotatable bonds is 3. The van der Waals surface area contributed by atoms with Crippen molar-refractivity contribution in [2.45, 2.75) is 25.0 Å². The molecule has 6 nitrogen and oxygen atoms in total. The SMILES string of the molecule is COc1c([N+](=O)[O-])ccc2c1O[C@]1(C=C2)N(c2ccccc2)c2ccccc2C1(C)C. The molecule has 3 aromatic rings. The van der Waals surface area contributed by atoms with Gasteiger partial charge >= 0.3 is 5.69 Å². The van der Waals surface area contributed by atoms with E-state index in [2.05, 4.69) is 30.9 Å². The Bertz CT molecular complexity index is 1220. The van der Waals surface area contributed by atoms with Gasteiger partial charge in [0.1, 0.15) is 0 Å². The summed E-state index contributed by atoms with van der Waals surface area (Å²) in [4.78, 5) is 13.3. The fourth-order valence-corrected chi connectivity index (χ4v) is 4.75. The highest BCUT2D eigenvalue weighted by atomic mass is 16.6. The highest BCUT2D eigenvalue weighted by Gasteiger charge is 2.59. The van der Waals surface area contributed by atoms with Gasteiger partial charge in [-0.3, -0.25) is 15.0 Å². The minimum Gasteiger partial charge on any atom is -0.488 e. The molecule has 1 atom stereocenters. The summed E-state index contributed by atoms with van der Waals surface area (Å²) in [6, 6.07) is 21.4. The molecular weight excluding hydrogens is 392 g/mol. The summed E-state index contributed by atoms with van der Waals surface area (Å²) in [5.74, 6) is 0.506. The number of ether oxygens (including phenoxy) is 2. The molecule has 2 aliphatic heterocycles. The van der Waals surface area contributed by atoms with Crippen molar-refractivity contribution in [2.24, 2.45) is 0 Å². The first-order valence-corrected chi connectivity index (χ1v) is 10.1. The molecule has 0 unspecified atom stereocenters. The average Bonchev–Trinajstić information content (AvgIpc) is 2.97. The van der Waals surface area contributed by atoms with Crippen molar-refractivity contribution in [3.05, 3.63) is 94.0 Å². The molecule has 0 bridgehead atoms. The zero-order valence-electron chi connectivity index (χ0n) is 17.5. The number of hydrogen-bond acceptors (Lipinski definition) is 5. The van der Waals surface area contributed by atoms with Gasteiger partial charge in [0.05, 0.1) is 17.4 Å². The zero-order valence-corrected chi connectivity index (χ0v) is 17.5. The van der Waals surface area contributed by atoms with E-state index in [9.17, 15) is 10.1 Å². The first-order chi connectivity index (χ1) is 14.9. The van der Waals surface area contributed by atoms with Crippen LogP contribution in [0.25, 0.3) is 6.08 Å². The van der Waals surface area contributed by atoms with Gasteiger partial charge in [-0.25, -0.2) is 0 Å². The topological polar surface area (TPSA) is 64.8 Å². The van der Waals surface area contributed by atoms with Crippen molar-refractivity contribution < 1.29 is 14.4 Å². The number of anilines is 2. The van der Waals surface area contributed by atoms with Gasteiger partial charge in [-0.15, -0.1) is 0 Å². The first-order valence-electron chi connectivity index (χ1n) is 10.1. The predicted octanol–water partition coefficient (Wildman–Crippen LogP) is 5.83. The van der Waals surface area contributed by atoms with Crippen molar-refractivity contribution >= 4 is 23.1 Å². The van der Waals surface area contributed by atoms with E-state index in [1.165, 1.54) is 13.2 Å². The van der Waals surface area contributed by atoms with Gasteiger partial charge < -0.3 is 9.47 Å². The van der Waals surface area contributed by atoms with Gasteiger partial charge in [0.25, 0.3) is 0 Å². The molecule has 31 heavy (non-hydrogen) atoms. The second-order valence-corrected chi connectivity index (χ2v) is 8.24. The molecule has 3 aromatic carbocycles. The maximum absolute atomic E-state index is 11.6. The van der Waals surface area contributed by atoms with Crippen molar-refractivity contribution in [3.8, 4) is 11.5 Å². The van der Waals surface area contributed by atoms with E-state index in [1.807, 2.05) is 54.6 Å². The summed E-state index contributed by atoms with van der Waals surface area (Å²) in [7, 11) is 1.43. The molecule has 1 spiro atoms. The van der Waals surface area contributed by atoms with E-state index in [1.54, 1.807) is 6.07 Å². The molecule has 6 heteroatoms. The molecule has 0 radical (unpaired) electrons. The Hall–Kier alpha value is -3.80. The Labute approximate surface area is 180 Å². The van der Waals surface area contributed by atoms with E-state index in [4.69, 9.17) is 9.47 Å². The molecule has 0 aliphatic carbocycles. The maximum Gasteiger partial charge on any atom is 0.314 e. The molecule has 0 N–H and O–H groups in total. The Morgan fingerprint density at radius 1 is 1.00 bits per heavy atom. The van der Waals surface area contributed by atoms with Crippen LogP contribution in [0.2, 0.25) is 0 Å². The fourth-order valence-electron chi connectivity index (χ4n) is 4.75. The van der Waals surface area contributed by atoms with Crippen LogP contribution < -0.4 is 14.4 Å². The Balaban J connectivity index is 1.78. The van der Waals surface area contributed by atoms with Gasteiger partial charge in [0, 0.05) is 23.0 Å². The van der Waals surface area contributed by atoms with Crippen molar-refractivity contribution in [2.75, 3.05) is 12.0 Å². The molecule has 2 heterocycles. The number of nitro groups is 1. The minimum atomic E-state index is -0.937. The third-order valence-corrected chi connectivity index (χ3v) is 6.33. The van der Waals surface area contributed by atoms with Crippen LogP contribution in [0.5, 0.6) is 11.5 Å². The van der Waals surface area contributed by atoms with Gasteiger partial charge in [0.2, 0.25) is 11.5 Å². The number of para-hydroxylation sites is 2. The third kappa shape index (κ3) is 2.51. The standard InChI is InChI=1S/C25H22N2O4/c1-24(2)19-11-7-8-12-20(19)26(18-9-5-4-6-10-18)25(24)16-15-17-13-14-21(27(28)29)23(30-3)22(17)31-25/h4-16H,1-3H3/t25-/m0/s1. The van der Waals surface area contributed by atoms with E-state index >= 15 is 0 Å². The Kier molecular flexibility index (Phi) is 4.09. The lowest BCUT2D eigenvalue weighted by Crippen LogP contribution is -2.57. The first kappa shape index (κ1) is 19.2. The largest absolute Gasteiger partial charge is 0.488 e. The second-order valence-electron chi connectivity index (χ2n) is 8.24. The number of methoxy groups -OCH3 is 1. The van der Waals surface area contributed by atoms with Crippen molar-refractivity contribution in [3.63, 3.8) is 0 Å². The van der Waals surface area contributed by atoms with Crippen LogP contribution >= 0.6 is 0 Å². The summed E-state index contributed by atoms with van der Waals surface area (Å²) in [6.07, 6.45) is 4.02. The second kappa shape index (κ2) is 6.60. The monoisotopic (exact) mass is 414 g/mol. The molecule has 156 valence electrons. The van der Waals surface area contributed by atoms with E-state index in [-0.39, 0.29) is 11.4 Å². The lowest BCUT2D eigenvalue weighted by molar-refractivity contribution is -0.385. The van der Waals surface area contributed by atoms with Crippen LogP contribution in [0.4, 0.5) is 17.1 Å². The molecule has 5 rings (SSSR count). The van der Waals surface area contributed by atoms with E-state index in [0.717, 1.165) is 22.5 Å². The summed E-state index contributed by atoms with van der Waals surface area (Å²) < 4.78 is 12.2. The molecule has 0 amide bonds. The maximum atomic E-state index is 11.6. The van der Waals surface area contributed by atoms with Gasteiger partial charge in [-0.05, 0) is 55.8 Å². The summed E-state index contributed by atoms with van der Waals surface area (Å²) in [5, 5.41) is 11.6. The van der Waals surface area contributed by atoms with E-state index < -0.39 is 16.1 Å². The van der Waals surface area contributed by atoms with Crippen LogP contribution in [0.15, 0.2) is 72.8 Å². The number of benzene rings is 3. The highest BCUT2D eigenvalue weighted by molar-refractivity contribution is 5.81. The van der Waals surface area contributed by atoms with Crippen LogP contribution in [-0.2, 0) is 5.41 Å². The average molecular weight is 414 g/mol. The van der Waals surface area contributed by atoms with Crippen LogP contribution in [-0.4, -0.2) is 17.8 Å². The highest BCUT2D eigenvalue weighted by Crippen LogP contribution is 2.59. The summed E-state index contributed by atoms with van der Waals surface area (Å²) >= 11 is 0. The molecule has 2 aliphatic rings. The normalized spacial score (nSPS) is 20.2. The lowest BCUT2D eigenvalue weighted by atomic mass is 9.76. The number of nitro benzene ring substituents is 1. The molecule has 0 aromatic heterocycles. The molecule has 0 fully saturated rings. The molecular formula is C25H22N2O4. The Morgan fingerprint density at radius 3 is 2.42 bits per heavy atom. The van der Waals surface area contributed by atoms with Crippen molar-refractivity contribution in [1.29, 1.82) is 0 Å². The van der Waals surface area contributed by atoms with Crippen LogP contribution in [0.1, 0.15) is 25.0 Å². The lowest BCUT2D eigenvalue weighted by Gasteiger charge is -2.47. The van der Waals surface area contributed by atoms with Gasteiger partial charge in [-0.2, -0.15) is 0 Å².